The van der Waals surface area contributed by atoms with Crippen molar-refractivity contribution in [1.82, 2.24) is 14.8 Å². The van der Waals surface area contributed by atoms with E-state index in [2.05, 4.69) is 10.2 Å². The molecule has 0 spiro atoms. The highest BCUT2D eigenvalue weighted by Crippen LogP contribution is 2.30. The van der Waals surface area contributed by atoms with E-state index in [4.69, 9.17) is 17.0 Å². The van der Waals surface area contributed by atoms with Gasteiger partial charge in [0.1, 0.15) is 12.4 Å². The van der Waals surface area contributed by atoms with Crippen molar-refractivity contribution in [3.8, 4) is 22.8 Å². The standard InChI is InChI=1S/C25H17F2N3OS/c26-18-12-13-23(21(27)14-18)31-15-17-7-2-4-10-20(17)24-28-29-25(32)30(24)22-11-5-8-16-6-1-3-9-19(16)22/h1-14H,15H2,(H,29,32). The molecule has 0 atom stereocenters. The minimum absolute atomic E-state index is 0.0193. The Bertz CT molecular complexity index is 1490. The molecule has 4 aromatic carbocycles. The van der Waals surface area contributed by atoms with Gasteiger partial charge in [-0.05, 0) is 35.8 Å². The van der Waals surface area contributed by atoms with Crippen LogP contribution >= 0.6 is 12.2 Å². The number of hydrogen-bond donors (Lipinski definition) is 1. The van der Waals surface area contributed by atoms with Crippen molar-refractivity contribution in [2.75, 3.05) is 0 Å². The number of aromatic amines is 1. The molecule has 5 aromatic rings. The van der Waals surface area contributed by atoms with Crippen molar-refractivity contribution in [3.05, 3.63) is 107 Å². The molecule has 0 aliphatic heterocycles. The van der Waals surface area contributed by atoms with Crippen LogP contribution in [0.3, 0.4) is 0 Å². The van der Waals surface area contributed by atoms with E-state index in [0.29, 0.717) is 10.6 Å². The van der Waals surface area contributed by atoms with Gasteiger partial charge in [-0.15, -0.1) is 0 Å². The van der Waals surface area contributed by atoms with Crippen LogP contribution in [0.1, 0.15) is 5.56 Å². The second kappa shape index (κ2) is 8.36. The number of fused-ring (bicyclic) bond motifs is 1. The maximum Gasteiger partial charge on any atom is 0.200 e. The van der Waals surface area contributed by atoms with E-state index in [1.54, 1.807) is 0 Å². The Hall–Kier alpha value is -3.84. The van der Waals surface area contributed by atoms with Gasteiger partial charge in [0.2, 0.25) is 0 Å². The van der Waals surface area contributed by atoms with Crippen LogP contribution in [0.15, 0.2) is 84.9 Å². The summed E-state index contributed by atoms with van der Waals surface area (Å²) >= 11 is 5.56. The fourth-order valence-electron chi connectivity index (χ4n) is 3.72. The van der Waals surface area contributed by atoms with Gasteiger partial charge in [0.05, 0.1) is 5.69 Å². The number of nitrogens with one attached hydrogen (secondary N) is 1. The van der Waals surface area contributed by atoms with Gasteiger partial charge in [-0.25, -0.2) is 8.78 Å². The summed E-state index contributed by atoms with van der Waals surface area (Å²) in [5.41, 5.74) is 2.47. The Morgan fingerprint density at radius 2 is 1.69 bits per heavy atom. The average molecular weight is 445 g/mol. The molecule has 0 aliphatic rings. The van der Waals surface area contributed by atoms with E-state index >= 15 is 0 Å². The molecular formula is C25H17F2N3OS. The average Bonchev–Trinajstić information content (AvgIpc) is 3.19. The molecule has 5 rings (SSSR count). The topological polar surface area (TPSA) is 42.8 Å². The molecule has 0 radical (unpaired) electrons. The third kappa shape index (κ3) is 3.67. The molecule has 0 unspecified atom stereocenters. The van der Waals surface area contributed by atoms with Gasteiger partial charge in [-0.3, -0.25) is 9.67 Å². The molecule has 32 heavy (non-hydrogen) atoms. The normalized spacial score (nSPS) is 11.1. The third-order valence-corrected chi connectivity index (χ3v) is 5.49. The molecular weight excluding hydrogens is 428 g/mol. The molecule has 0 bridgehead atoms. The Labute approximate surface area is 187 Å². The lowest BCUT2D eigenvalue weighted by Crippen LogP contribution is -2.04. The maximum atomic E-state index is 14.0. The molecule has 4 nitrogen and oxygen atoms in total. The lowest BCUT2D eigenvalue weighted by atomic mass is 10.1. The lowest BCUT2D eigenvalue weighted by Gasteiger charge is -2.14. The summed E-state index contributed by atoms with van der Waals surface area (Å²) in [7, 11) is 0. The number of hydrogen-bond acceptors (Lipinski definition) is 3. The minimum Gasteiger partial charge on any atom is -0.486 e. The first kappa shape index (κ1) is 20.1. The van der Waals surface area contributed by atoms with Crippen molar-refractivity contribution in [1.29, 1.82) is 0 Å². The molecule has 1 aromatic heterocycles. The first-order valence-corrected chi connectivity index (χ1v) is 10.3. The third-order valence-electron chi connectivity index (χ3n) is 5.22. The van der Waals surface area contributed by atoms with Crippen molar-refractivity contribution >= 4 is 23.0 Å². The Kier molecular flexibility index (Phi) is 5.25. The zero-order valence-electron chi connectivity index (χ0n) is 16.8. The summed E-state index contributed by atoms with van der Waals surface area (Å²) in [6, 6.07) is 24.8. The molecule has 7 heteroatoms. The number of rotatable bonds is 5. The van der Waals surface area contributed by atoms with E-state index in [1.165, 1.54) is 6.07 Å². The van der Waals surface area contributed by atoms with Crippen LogP contribution < -0.4 is 4.74 Å². The van der Waals surface area contributed by atoms with E-state index in [9.17, 15) is 8.78 Å². The van der Waals surface area contributed by atoms with Gasteiger partial charge in [0.25, 0.3) is 0 Å². The fourth-order valence-corrected chi connectivity index (χ4v) is 3.95. The van der Waals surface area contributed by atoms with Gasteiger partial charge in [-0.1, -0.05) is 60.7 Å². The summed E-state index contributed by atoms with van der Waals surface area (Å²) in [5, 5.41) is 9.49. The number of aromatic nitrogens is 3. The Morgan fingerprint density at radius 3 is 2.56 bits per heavy atom. The molecule has 0 saturated carbocycles. The smallest absolute Gasteiger partial charge is 0.200 e. The number of H-pyrrole nitrogens is 1. The maximum absolute atomic E-state index is 14.0. The first-order chi connectivity index (χ1) is 15.6. The van der Waals surface area contributed by atoms with Gasteiger partial charge in [0.15, 0.2) is 22.2 Å². The minimum atomic E-state index is -0.749. The SMILES string of the molecule is Fc1ccc(OCc2ccccc2-c2n[nH]c(=S)n2-c2cccc3ccccc23)c(F)c1. The number of halogens is 2. The summed E-state index contributed by atoms with van der Waals surface area (Å²) in [6.07, 6.45) is 0. The second-order valence-corrected chi connectivity index (χ2v) is 7.59. The predicted molar refractivity (Wildman–Crippen MR) is 122 cm³/mol. The second-order valence-electron chi connectivity index (χ2n) is 7.21. The molecule has 1 N–H and O–H groups in total. The van der Waals surface area contributed by atoms with E-state index in [0.717, 1.165) is 39.7 Å². The van der Waals surface area contributed by atoms with Gasteiger partial charge < -0.3 is 4.74 Å². The quantitative estimate of drug-likeness (QED) is 0.310. The Morgan fingerprint density at radius 1 is 0.906 bits per heavy atom. The van der Waals surface area contributed by atoms with Crippen LogP contribution in [0.4, 0.5) is 8.78 Å². The first-order valence-electron chi connectivity index (χ1n) is 9.93. The highest BCUT2D eigenvalue weighted by atomic mass is 32.1. The molecule has 1 heterocycles. The van der Waals surface area contributed by atoms with Crippen molar-refractivity contribution < 1.29 is 13.5 Å². The summed E-state index contributed by atoms with van der Waals surface area (Å²) in [6.45, 7) is 0.0773. The summed E-state index contributed by atoms with van der Waals surface area (Å²) in [5.74, 6) is -0.805. The Balaban J connectivity index is 1.58. The van der Waals surface area contributed by atoms with Crippen LogP contribution in [0, 0.1) is 16.4 Å². The van der Waals surface area contributed by atoms with Gasteiger partial charge in [0, 0.05) is 22.6 Å². The van der Waals surface area contributed by atoms with Gasteiger partial charge in [-0.2, -0.15) is 5.10 Å². The monoisotopic (exact) mass is 445 g/mol. The highest BCUT2D eigenvalue weighted by molar-refractivity contribution is 7.71. The fraction of sp³-hybridized carbons (Fsp3) is 0.0400. The van der Waals surface area contributed by atoms with Crippen LogP contribution in [-0.4, -0.2) is 14.8 Å². The zero-order chi connectivity index (χ0) is 22.1. The molecule has 0 fully saturated rings. The van der Waals surface area contributed by atoms with Crippen LogP contribution in [-0.2, 0) is 6.61 Å². The molecule has 158 valence electrons. The van der Waals surface area contributed by atoms with Crippen LogP contribution in [0.25, 0.3) is 27.8 Å². The van der Waals surface area contributed by atoms with Crippen LogP contribution in [0.2, 0.25) is 0 Å². The van der Waals surface area contributed by atoms with Crippen LogP contribution in [0.5, 0.6) is 5.75 Å². The lowest BCUT2D eigenvalue weighted by molar-refractivity contribution is 0.289. The molecule has 0 saturated heterocycles. The van der Waals surface area contributed by atoms with Crippen molar-refractivity contribution in [2.24, 2.45) is 0 Å². The highest BCUT2D eigenvalue weighted by Gasteiger charge is 2.16. The largest absolute Gasteiger partial charge is 0.486 e. The van der Waals surface area contributed by atoms with E-state index in [1.807, 2.05) is 71.3 Å². The van der Waals surface area contributed by atoms with Gasteiger partial charge >= 0.3 is 0 Å². The van der Waals surface area contributed by atoms with E-state index < -0.39 is 11.6 Å². The number of ether oxygens (including phenoxy) is 1. The molecule has 0 aliphatic carbocycles. The zero-order valence-corrected chi connectivity index (χ0v) is 17.6. The van der Waals surface area contributed by atoms with E-state index in [-0.39, 0.29) is 12.4 Å². The van der Waals surface area contributed by atoms with Crippen molar-refractivity contribution in [2.45, 2.75) is 6.61 Å². The molecule has 0 amide bonds. The predicted octanol–water partition coefficient (Wildman–Crippen LogP) is 6.61. The summed E-state index contributed by atoms with van der Waals surface area (Å²) in [4.78, 5) is 0. The van der Waals surface area contributed by atoms with Crippen molar-refractivity contribution in [3.63, 3.8) is 0 Å². The summed E-state index contributed by atoms with van der Waals surface area (Å²) < 4.78 is 35.2. The number of benzene rings is 4. The number of nitrogens with zero attached hydrogens (tertiary/aromatic N) is 2.